The monoisotopic (exact) mass is 563 g/mol. The fourth-order valence-corrected chi connectivity index (χ4v) is 3.61. The zero-order chi connectivity index (χ0) is 19.2. The number of piperidine rings is 1. The predicted molar refractivity (Wildman–Crippen MR) is 124 cm³/mol. The lowest BCUT2D eigenvalue weighted by atomic mass is 9.97. The molecule has 28 heavy (non-hydrogen) atoms. The van der Waals surface area contributed by atoms with Crippen LogP contribution in [0.4, 0.5) is 0 Å². The van der Waals surface area contributed by atoms with Crippen molar-refractivity contribution in [1.82, 2.24) is 19.6 Å². The molecule has 0 unspecified atom stereocenters. The van der Waals surface area contributed by atoms with Gasteiger partial charge in [-0.3, -0.25) is 4.79 Å². The summed E-state index contributed by atoms with van der Waals surface area (Å²) in [6.45, 7) is 7.26. The number of aliphatic imine (C=N–C) groups is 1. The molecule has 154 valence electrons. The Morgan fingerprint density at radius 3 is 2.75 bits per heavy atom. The minimum atomic E-state index is -0.0741. The molecule has 0 atom stereocenters. The Bertz CT molecular complexity index is 818. The van der Waals surface area contributed by atoms with Gasteiger partial charge in [-0.2, -0.15) is 0 Å². The van der Waals surface area contributed by atoms with E-state index in [9.17, 15) is 4.79 Å². The summed E-state index contributed by atoms with van der Waals surface area (Å²) in [4.78, 5) is 23.5. The summed E-state index contributed by atoms with van der Waals surface area (Å²) >= 11 is 3.48. The van der Waals surface area contributed by atoms with Crippen molar-refractivity contribution in [3.63, 3.8) is 0 Å². The largest absolute Gasteiger partial charge is 0.466 e. The summed E-state index contributed by atoms with van der Waals surface area (Å²) in [6, 6.07) is 3.95. The Morgan fingerprint density at radius 1 is 1.32 bits per heavy atom. The van der Waals surface area contributed by atoms with Crippen LogP contribution in [0.1, 0.15) is 32.4 Å². The van der Waals surface area contributed by atoms with Crippen LogP contribution in [0.2, 0.25) is 0 Å². The summed E-state index contributed by atoms with van der Waals surface area (Å²) in [5.41, 5.74) is 1.83. The van der Waals surface area contributed by atoms with Crippen molar-refractivity contribution >= 4 is 57.5 Å². The molecule has 1 fully saturated rings. The number of ether oxygens (including phenoxy) is 1. The van der Waals surface area contributed by atoms with Gasteiger partial charge in [0.2, 0.25) is 0 Å². The van der Waals surface area contributed by atoms with E-state index in [1.165, 1.54) is 0 Å². The molecule has 3 rings (SSSR count). The molecule has 0 amide bonds. The Hall–Kier alpha value is -1.36. The molecule has 0 radical (unpaired) electrons. The lowest BCUT2D eigenvalue weighted by Crippen LogP contribution is -2.46. The Labute approximate surface area is 191 Å². The first-order valence-corrected chi connectivity index (χ1v) is 10.2. The SMILES string of the molecule is CCNC(=NCc1cn2cc(Br)ccc2n1)N1CCC(C(=O)OCC)CC1.I. The summed E-state index contributed by atoms with van der Waals surface area (Å²) in [5, 5.41) is 3.35. The standard InChI is InChI=1S/C19H26BrN5O2.HI/c1-3-21-19(24-9-7-14(8-10-24)18(26)27-4-2)22-11-16-13-25-12-15(20)5-6-17(25)23-16;/h5-6,12-14H,3-4,7-11H2,1-2H3,(H,21,22);1H. The van der Waals surface area contributed by atoms with Crippen molar-refractivity contribution in [2.45, 2.75) is 33.2 Å². The molecule has 0 aromatic carbocycles. The Morgan fingerprint density at radius 2 is 2.07 bits per heavy atom. The maximum absolute atomic E-state index is 11.9. The first-order chi connectivity index (χ1) is 13.1. The van der Waals surface area contributed by atoms with Gasteiger partial charge in [-0.15, -0.1) is 24.0 Å². The molecule has 2 aromatic heterocycles. The molecule has 1 aliphatic heterocycles. The summed E-state index contributed by atoms with van der Waals surface area (Å²) < 4.78 is 8.16. The van der Waals surface area contributed by atoms with Crippen molar-refractivity contribution in [3.8, 4) is 0 Å². The van der Waals surface area contributed by atoms with E-state index in [1.807, 2.05) is 35.9 Å². The van der Waals surface area contributed by atoms with Gasteiger partial charge in [0.1, 0.15) is 5.65 Å². The first-order valence-electron chi connectivity index (χ1n) is 9.43. The van der Waals surface area contributed by atoms with Crippen LogP contribution in [0.25, 0.3) is 5.65 Å². The maximum atomic E-state index is 11.9. The van der Waals surface area contributed by atoms with Crippen LogP contribution in [0, 0.1) is 5.92 Å². The van der Waals surface area contributed by atoms with Gasteiger partial charge in [0.25, 0.3) is 0 Å². The molecule has 0 aliphatic carbocycles. The number of carbonyl (C=O) groups is 1. The number of halogens is 2. The first kappa shape index (κ1) is 22.9. The van der Waals surface area contributed by atoms with Gasteiger partial charge in [0.05, 0.1) is 24.8 Å². The molecule has 3 heterocycles. The fraction of sp³-hybridized carbons (Fsp3) is 0.526. The zero-order valence-corrected chi connectivity index (χ0v) is 20.1. The summed E-state index contributed by atoms with van der Waals surface area (Å²) in [6.07, 6.45) is 5.58. The number of fused-ring (bicyclic) bond motifs is 1. The predicted octanol–water partition coefficient (Wildman–Crippen LogP) is 3.46. The van der Waals surface area contributed by atoms with Crippen molar-refractivity contribution in [2.75, 3.05) is 26.2 Å². The van der Waals surface area contributed by atoms with Crippen molar-refractivity contribution < 1.29 is 9.53 Å². The number of likely N-dealkylation sites (tertiary alicyclic amines) is 1. The maximum Gasteiger partial charge on any atom is 0.309 e. The average Bonchev–Trinajstić information content (AvgIpc) is 3.07. The summed E-state index contributed by atoms with van der Waals surface area (Å²) in [5.74, 6) is 0.800. The van der Waals surface area contributed by atoms with Gasteiger partial charge in [-0.05, 0) is 54.8 Å². The van der Waals surface area contributed by atoms with Crippen LogP contribution < -0.4 is 5.32 Å². The van der Waals surface area contributed by atoms with Crippen LogP contribution in [-0.2, 0) is 16.1 Å². The lowest BCUT2D eigenvalue weighted by molar-refractivity contribution is -0.149. The van der Waals surface area contributed by atoms with Crippen LogP contribution in [0.3, 0.4) is 0 Å². The van der Waals surface area contributed by atoms with Gasteiger partial charge in [-0.1, -0.05) is 0 Å². The van der Waals surface area contributed by atoms with Gasteiger partial charge in [0, 0.05) is 36.5 Å². The molecular formula is C19H27BrIN5O2. The van der Waals surface area contributed by atoms with Crippen LogP contribution in [0.5, 0.6) is 0 Å². The molecule has 0 spiro atoms. The highest BCUT2D eigenvalue weighted by Crippen LogP contribution is 2.19. The molecule has 2 aromatic rings. The van der Waals surface area contributed by atoms with E-state index in [4.69, 9.17) is 9.73 Å². The minimum Gasteiger partial charge on any atom is -0.466 e. The second-order valence-electron chi connectivity index (χ2n) is 6.53. The fourth-order valence-electron chi connectivity index (χ4n) is 3.26. The second kappa shape index (κ2) is 11.0. The van der Waals surface area contributed by atoms with Gasteiger partial charge >= 0.3 is 5.97 Å². The van der Waals surface area contributed by atoms with Gasteiger partial charge < -0.3 is 19.4 Å². The van der Waals surface area contributed by atoms with Gasteiger partial charge in [-0.25, -0.2) is 9.98 Å². The third-order valence-electron chi connectivity index (χ3n) is 4.60. The number of guanidine groups is 1. The highest BCUT2D eigenvalue weighted by Gasteiger charge is 2.27. The number of pyridine rings is 1. The molecule has 1 aliphatic rings. The quantitative estimate of drug-likeness (QED) is 0.261. The number of hydrogen-bond acceptors (Lipinski definition) is 4. The number of nitrogens with zero attached hydrogens (tertiary/aromatic N) is 4. The zero-order valence-electron chi connectivity index (χ0n) is 16.2. The number of nitrogens with one attached hydrogen (secondary N) is 1. The van der Waals surface area contributed by atoms with Crippen molar-refractivity contribution in [1.29, 1.82) is 0 Å². The average molecular weight is 564 g/mol. The highest BCUT2D eigenvalue weighted by molar-refractivity contribution is 14.0. The van der Waals surface area contributed by atoms with Crippen LogP contribution in [-0.4, -0.2) is 52.5 Å². The van der Waals surface area contributed by atoms with Crippen molar-refractivity contribution in [3.05, 3.63) is 34.7 Å². The summed E-state index contributed by atoms with van der Waals surface area (Å²) in [7, 11) is 0. The molecule has 1 N–H and O–H groups in total. The topological polar surface area (TPSA) is 71.2 Å². The minimum absolute atomic E-state index is 0. The normalized spacial score (nSPS) is 15.4. The van der Waals surface area contributed by atoms with E-state index in [0.29, 0.717) is 13.2 Å². The smallest absolute Gasteiger partial charge is 0.309 e. The third-order valence-corrected chi connectivity index (χ3v) is 5.07. The van der Waals surface area contributed by atoms with Gasteiger partial charge in [0.15, 0.2) is 5.96 Å². The van der Waals surface area contributed by atoms with Crippen LogP contribution >= 0.6 is 39.9 Å². The molecule has 0 bridgehead atoms. The van der Waals surface area contributed by atoms with E-state index in [2.05, 4.69) is 38.1 Å². The van der Waals surface area contributed by atoms with E-state index >= 15 is 0 Å². The molecule has 9 heteroatoms. The number of hydrogen-bond donors (Lipinski definition) is 1. The van der Waals surface area contributed by atoms with Crippen LogP contribution in [0.15, 0.2) is 34.0 Å². The lowest BCUT2D eigenvalue weighted by Gasteiger charge is -2.33. The number of aromatic nitrogens is 2. The third kappa shape index (κ3) is 5.82. The van der Waals surface area contributed by atoms with E-state index < -0.39 is 0 Å². The number of carbonyl (C=O) groups excluding carboxylic acids is 1. The number of imidazole rings is 1. The molecule has 7 nitrogen and oxygen atoms in total. The second-order valence-corrected chi connectivity index (χ2v) is 7.44. The number of rotatable bonds is 5. The van der Waals surface area contributed by atoms with Crippen molar-refractivity contribution in [2.24, 2.45) is 10.9 Å². The Balaban J connectivity index is 0.00000280. The highest BCUT2D eigenvalue weighted by atomic mass is 127. The molecule has 1 saturated heterocycles. The van der Waals surface area contributed by atoms with E-state index in [-0.39, 0.29) is 35.9 Å². The molecular weight excluding hydrogens is 537 g/mol. The van der Waals surface area contributed by atoms with E-state index in [0.717, 1.165) is 54.2 Å². The Kier molecular flexibility index (Phi) is 9.00. The molecule has 0 saturated carbocycles. The van der Waals surface area contributed by atoms with E-state index in [1.54, 1.807) is 0 Å². The number of esters is 1.